The van der Waals surface area contributed by atoms with Crippen LogP contribution in [0.2, 0.25) is 0 Å². The van der Waals surface area contributed by atoms with E-state index < -0.39 is 0 Å². The number of carbonyl (C=O) groups excluding carboxylic acids is 1. The van der Waals surface area contributed by atoms with Gasteiger partial charge in [0.05, 0.1) is 12.1 Å². The standard InChI is InChI=1S/C16H30N2O2/c1-4-8-16(9-5-10-17-16)15(19)18(11-12-20-3)13(2)14-6-7-14/h13-14,17H,4-12H2,1-3H3. The fourth-order valence-electron chi connectivity index (χ4n) is 3.52. The second-order valence-corrected chi connectivity index (χ2v) is 6.43. The first-order valence-corrected chi connectivity index (χ1v) is 8.19. The molecule has 1 saturated carbocycles. The van der Waals surface area contributed by atoms with E-state index in [4.69, 9.17) is 4.74 Å². The first-order chi connectivity index (χ1) is 9.64. The van der Waals surface area contributed by atoms with E-state index in [0.29, 0.717) is 24.5 Å². The number of carbonyl (C=O) groups is 1. The van der Waals surface area contributed by atoms with E-state index in [0.717, 1.165) is 38.8 Å². The second-order valence-electron chi connectivity index (χ2n) is 6.43. The Bertz CT molecular complexity index is 322. The molecular formula is C16H30N2O2. The van der Waals surface area contributed by atoms with Gasteiger partial charge in [-0.3, -0.25) is 4.79 Å². The predicted octanol–water partition coefficient (Wildman–Crippen LogP) is 2.18. The Morgan fingerprint density at radius 3 is 2.75 bits per heavy atom. The highest BCUT2D eigenvalue weighted by molar-refractivity contribution is 5.87. The van der Waals surface area contributed by atoms with Gasteiger partial charge in [0.25, 0.3) is 0 Å². The van der Waals surface area contributed by atoms with E-state index in [2.05, 4.69) is 24.1 Å². The van der Waals surface area contributed by atoms with Gasteiger partial charge in [-0.2, -0.15) is 0 Å². The molecule has 1 N–H and O–H groups in total. The molecule has 1 amide bonds. The van der Waals surface area contributed by atoms with Gasteiger partial charge in [0.15, 0.2) is 0 Å². The quantitative estimate of drug-likeness (QED) is 0.742. The highest BCUT2D eigenvalue weighted by atomic mass is 16.5. The number of rotatable bonds is 8. The van der Waals surface area contributed by atoms with Gasteiger partial charge >= 0.3 is 0 Å². The van der Waals surface area contributed by atoms with Crippen LogP contribution in [0.3, 0.4) is 0 Å². The first-order valence-electron chi connectivity index (χ1n) is 8.19. The molecule has 4 heteroatoms. The second kappa shape index (κ2) is 6.90. The lowest BCUT2D eigenvalue weighted by Crippen LogP contribution is -2.58. The summed E-state index contributed by atoms with van der Waals surface area (Å²) in [6.45, 7) is 6.70. The van der Waals surface area contributed by atoms with Crippen LogP contribution in [0.15, 0.2) is 0 Å². The minimum absolute atomic E-state index is 0.300. The average molecular weight is 282 g/mol. The zero-order valence-electron chi connectivity index (χ0n) is 13.3. The van der Waals surface area contributed by atoms with Gasteiger partial charge in [0.2, 0.25) is 5.91 Å². The number of ether oxygens (including phenoxy) is 1. The third kappa shape index (κ3) is 3.34. The van der Waals surface area contributed by atoms with Crippen LogP contribution in [0, 0.1) is 5.92 Å². The molecule has 20 heavy (non-hydrogen) atoms. The lowest BCUT2D eigenvalue weighted by molar-refractivity contribution is -0.141. The highest BCUT2D eigenvalue weighted by Gasteiger charge is 2.45. The molecule has 2 atom stereocenters. The van der Waals surface area contributed by atoms with Gasteiger partial charge in [-0.25, -0.2) is 0 Å². The summed E-state index contributed by atoms with van der Waals surface area (Å²) in [5, 5.41) is 3.51. The Morgan fingerprint density at radius 1 is 1.50 bits per heavy atom. The van der Waals surface area contributed by atoms with E-state index in [1.807, 2.05) is 0 Å². The highest BCUT2D eigenvalue weighted by Crippen LogP contribution is 2.37. The van der Waals surface area contributed by atoms with Crippen LogP contribution in [0.1, 0.15) is 52.4 Å². The predicted molar refractivity (Wildman–Crippen MR) is 80.7 cm³/mol. The van der Waals surface area contributed by atoms with Crippen LogP contribution in [-0.2, 0) is 9.53 Å². The van der Waals surface area contributed by atoms with E-state index >= 15 is 0 Å². The zero-order chi connectivity index (χ0) is 14.6. The van der Waals surface area contributed by atoms with Crippen molar-refractivity contribution in [1.82, 2.24) is 10.2 Å². The molecule has 0 aromatic rings. The molecule has 0 radical (unpaired) electrons. The lowest BCUT2D eigenvalue weighted by atomic mass is 9.89. The molecule has 1 saturated heterocycles. The van der Waals surface area contributed by atoms with Gasteiger partial charge in [0, 0.05) is 19.7 Å². The van der Waals surface area contributed by atoms with Crippen molar-refractivity contribution in [3.63, 3.8) is 0 Å². The summed E-state index contributed by atoms with van der Waals surface area (Å²) in [4.78, 5) is 15.2. The van der Waals surface area contributed by atoms with Crippen LogP contribution in [0.25, 0.3) is 0 Å². The molecule has 2 fully saturated rings. The number of hydrogen-bond donors (Lipinski definition) is 1. The Balaban J connectivity index is 2.10. The van der Waals surface area contributed by atoms with Crippen LogP contribution >= 0.6 is 0 Å². The monoisotopic (exact) mass is 282 g/mol. The summed E-state index contributed by atoms with van der Waals surface area (Å²) in [6, 6.07) is 0.355. The molecule has 2 aliphatic rings. The van der Waals surface area contributed by atoms with Crippen LogP contribution in [0.5, 0.6) is 0 Å². The largest absolute Gasteiger partial charge is 0.383 e. The number of methoxy groups -OCH3 is 1. The Kier molecular flexibility index (Phi) is 5.44. The maximum Gasteiger partial charge on any atom is 0.243 e. The fourth-order valence-corrected chi connectivity index (χ4v) is 3.52. The molecule has 0 aromatic carbocycles. The Morgan fingerprint density at radius 2 is 2.25 bits per heavy atom. The van der Waals surface area contributed by atoms with Crippen molar-refractivity contribution in [3.8, 4) is 0 Å². The van der Waals surface area contributed by atoms with Gasteiger partial charge < -0.3 is 15.0 Å². The minimum Gasteiger partial charge on any atom is -0.383 e. The molecule has 1 aliphatic heterocycles. The molecule has 0 aromatic heterocycles. The number of amides is 1. The van der Waals surface area contributed by atoms with Crippen molar-refractivity contribution >= 4 is 5.91 Å². The number of hydrogen-bond acceptors (Lipinski definition) is 3. The summed E-state index contributed by atoms with van der Waals surface area (Å²) in [6.07, 6.45) is 6.64. The smallest absolute Gasteiger partial charge is 0.243 e. The summed E-state index contributed by atoms with van der Waals surface area (Å²) in [5.74, 6) is 1.02. The molecule has 1 aliphatic carbocycles. The van der Waals surface area contributed by atoms with Crippen LogP contribution < -0.4 is 5.32 Å². The van der Waals surface area contributed by atoms with Crippen molar-refractivity contribution in [1.29, 1.82) is 0 Å². The lowest BCUT2D eigenvalue weighted by Gasteiger charge is -2.38. The van der Waals surface area contributed by atoms with E-state index in [-0.39, 0.29) is 5.54 Å². The van der Waals surface area contributed by atoms with E-state index in [1.54, 1.807) is 7.11 Å². The molecule has 116 valence electrons. The average Bonchev–Trinajstić information content (AvgIpc) is 3.19. The first kappa shape index (κ1) is 15.8. The zero-order valence-corrected chi connectivity index (χ0v) is 13.3. The third-order valence-corrected chi connectivity index (χ3v) is 4.92. The van der Waals surface area contributed by atoms with Gasteiger partial charge in [-0.1, -0.05) is 13.3 Å². The van der Waals surface area contributed by atoms with Crippen molar-refractivity contribution in [2.24, 2.45) is 5.92 Å². The molecule has 1 heterocycles. The van der Waals surface area contributed by atoms with E-state index in [9.17, 15) is 4.79 Å². The van der Waals surface area contributed by atoms with Gasteiger partial charge in [0.1, 0.15) is 0 Å². The Hall–Kier alpha value is -0.610. The minimum atomic E-state index is -0.300. The molecule has 4 nitrogen and oxygen atoms in total. The van der Waals surface area contributed by atoms with Crippen molar-refractivity contribution in [3.05, 3.63) is 0 Å². The summed E-state index contributed by atoms with van der Waals surface area (Å²) in [7, 11) is 1.71. The fraction of sp³-hybridized carbons (Fsp3) is 0.938. The third-order valence-electron chi connectivity index (χ3n) is 4.92. The molecule has 0 bridgehead atoms. The number of nitrogens with one attached hydrogen (secondary N) is 1. The van der Waals surface area contributed by atoms with Crippen molar-refractivity contribution < 1.29 is 9.53 Å². The summed E-state index contributed by atoms with van der Waals surface area (Å²) >= 11 is 0. The SMILES string of the molecule is CCCC1(C(=O)N(CCOC)C(C)C2CC2)CCCN1. The molecule has 2 rings (SSSR count). The molecular weight excluding hydrogens is 252 g/mol. The van der Waals surface area contributed by atoms with Gasteiger partial charge in [-0.05, 0) is 51.5 Å². The van der Waals surface area contributed by atoms with Crippen LogP contribution in [0.4, 0.5) is 0 Å². The van der Waals surface area contributed by atoms with Gasteiger partial charge in [-0.15, -0.1) is 0 Å². The summed E-state index contributed by atoms with van der Waals surface area (Å²) in [5.41, 5.74) is -0.300. The Labute approximate surface area is 123 Å². The maximum atomic E-state index is 13.1. The maximum absolute atomic E-state index is 13.1. The topological polar surface area (TPSA) is 41.6 Å². The van der Waals surface area contributed by atoms with Crippen molar-refractivity contribution in [2.45, 2.75) is 64.0 Å². The van der Waals surface area contributed by atoms with Crippen LogP contribution in [-0.4, -0.2) is 49.2 Å². The van der Waals surface area contributed by atoms with E-state index in [1.165, 1.54) is 12.8 Å². The molecule has 2 unspecified atom stereocenters. The normalized spacial score (nSPS) is 27.6. The molecule has 0 spiro atoms. The summed E-state index contributed by atoms with van der Waals surface area (Å²) < 4.78 is 5.21. The number of nitrogens with zero attached hydrogens (tertiary/aromatic N) is 1. The van der Waals surface area contributed by atoms with Crippen molar-refractivity contribution in [2.75, 3.05) is 26.8 Å².